The molecule has 0 aliphatic carbocycles. The number of H-pyrrole nitrogens is 1. The zero-order valence-corrected chi connectivity index (χ0v) is 22.2. The smallest absolute Gasteiger partial charge is 0.254 e. The van der Waals surface area contributed by atoms with Gasteiger partial charge in [0.1, 0.15) is 6.04 Å². The molecule has 5 rings (SSSR count). The van der Waals surface area contributed by atoms with Gasteiger partial charge in [-0.15, -0.1) is 12.4 Å². The lowest BCUT2D eigenvalue weighted by atomic mass is 9.81. The first-order valence-corrected chi connectivity index (χ1v) is 12.4. The van der Waals surface area contributed by atoms with Crippen molar-refractivity contribution < 1.29 is 14.4 Å². The van der Waals surface area contributed by atoms with Crippen molar-refractivity contribution >= 4 is 41.0 Å². The number of piperidine rings is 1. The quantitative estimate of drug-likeness (QED) is 0.477. The van der Waals surface area contributed by atoms with Crippen LogP contribution in [-0.2, 0) is 21.5 Å². The number of hydrogen-bond acceptors (Lipinski definition) is 4. The average Bonchev–Trinajstić information content (AvgIpc) is 3.37. The summed E-state index contributed by atoms with van der Waals surface area (Å²) in [5.41, 5.74) is 8.26. The van der Waals surface area contributed by atoms with E-state index in [1.165, 1.54) is 0 Å². The zero-order chi connectivity index (χ0) is 25.7. The molecule has 37 heavy (non-hydrogen) atoms. The number of benzene rings is 2. The van der Waals surface area contributed by atoms with Crippen LogP contribution in [0.3, 0.4) is 0 Å². The Hall–Kier alpha value is -3.36. The molecule has 8 nitrogen and oxygen atoms in total. The van der Waals surface area contributed by atoms with Crippen LogP contribution >= 0.6 is 12.4 Å². The molecule has 2 aliphatic heterocycles. The lowest BCUT2D eigenvalue weighted by Gasteiger charge is -2.44. The van der Waals surface area contributed by atoms with Gasteiger partial charge in [0, 0.05) is 49.2 Å². The number of likely N-dealkylation sites (tertiary alicyclic amines) is 1. The third kappa shape index (κ3) is 4.60. The molecule has 0 radical (unpaired) electrons. The van der Waals surface area contributed by atoms with Crippen molar-refractivity contribution in [3.05, 3.63) is 71.4 Å². The minimum absolute atomic E-state index is 0. The molecule has 2 aliphatic rings. The summed E-state index contributed by atoms with van der Waals surface area (Å²) in [6.45, 7) is 4.25. The van der Waals surface area contributed by atoms with E-state index in [1.807, 2.05) is 71.6 Å². The highest BCUT2D eigenvalue weighted by Gasteiger charge is 2.49. The Morgan fingerprint density at radius 1 is 1.11 bits per heavy atom. The van der Waals surface area contributed by atoms with Gasteiger partial charge in [-0.2, -0.15) is 0 Å². The summed E-state index contributed by atoms with van der Waals surface area (Å²) in [6.07, 6.45) is 3.54. The van der Waals surface area contributed by atoms with E-state index in [1.54, 1.807) is 13.8 Å². The van der Waals surface area contributed by atoms with Crippen LogP contribution in [0.5, 0.6) is 0 Å². The minimum atomic E-state index is -1.11. The monoisotopic (exact) mass is 523 g/mol. The molecular formula is C28H34ClN5O3. The fourth-order valence-corrected chi connectivity index (χ4v) is 5.62. The van der Waals surface area contributed by atoms with Gasteiger partial charge < -0.3 is 25.8 Å². The Kier molecular flexibility index (Phi) is 7.10. The van der Waals surface area contributed by atoms with Gasteiger partial charge in [-0.3, -0.25) is 14.4 Å². The molecule has 3 aromatic rings. The number of nitrogens with one attached hydrogen (secondary N) is 2. The number of para-hydroxylation sites is 1. The molecule has 0 bridgehead atoms. The summed E-state index contributed by atoms with van der Waals surface area (Å²) in [5.74, 6) is -0.475. The average molecular weight is 524 g/mol. The van der Waals surface area contributed by atoms with E-state index in [2.05, 4.69) is 10.3 Å². The van der Waals surface area contributed by atoms with Crippen LogP contribution in [-0.4, -0.2) is 64.2 Å². The van der Waals surface area contributed by atoms with Crippen molar-refractivity contribution in [1.82, 2.24) is 20.1 Å². The largest absolute Gasteiger partial charge is 0.361 e. The second-order valence-corrected chi connectivity index (χ2v) is 10.6. The molecule has 3 amide bonds. The first kappa shape index (κ1) is 26.7. The van der Waals surface area contributed by atoms with Crippen molar-refractivity contribution in [2.45, 2.75) is 50.2 Å². The summed E-state index contributed by atoms with van der Waals surface area (Å²) >= 11 is 0. The maximum Gasteiger partial charge on any atom is 0.254 e. The standard InChI is InChI=1S/C28H33N5O3.ClH/c1-27(2,29)26(36)31-23(16-18-17-30-22-11-7-5-8-19(18)22)25(35)33-14-12-28(13-15-33)21-10-6-4-9-20(21)24(34)32(28)3;/h4-11,17,23,30H,12-16,29H2,1-3H3,(H,31,36);1H/t23-;/m1./s1. The molecule has 1 saturated heterocycles. The lowest BCUT2D eigenvalue weighted by Crippen LogP contribution is -2.59. The molecule has 2 aromatic carbocycles. The predicted octanol–water partition coefficient (Wildman–Crippen LogP) is 2.96. The Morgan fingerprint density at radius 2 is 1.76 bits per heavy atom. The molecule has 1 aromatic heterocycles. The SMILES string of the molecule is CN1C(=O)c2ccccc2C12CCN(C(=O)[C@@H](Cc1c[nH]c3ccccc13)NC(=O)C(C)(C)N)CC2.Cl. The number of aromatic nitrogens is 1. The number of nitrogens with zero attached hydrogens (tertiary/aromatic N) is 2. The summed E-state index contributed by atoms with van der Waals surface area (Å²) in [5, 5.41) is 3.94. The Labute approximate surface area is 223 Å². The van der Waals surface area contributed by atoms with Gasteiger partial charge in [0.2, 0.25) is 11.8 Å². The van der Waals surface area contributed by atoms with Gasteiger partial charge in [0.05, 0.1) is 11.1 Å². The highest BCUT2D eigenvalue weighted by atomic mass is 35.5. The second kappa shape index (κ2) is 9.84. The van der Waals surface area contributed by atoms with Gasteiger partial charge in [-0.25, -0.2) is 0 Å². The van der Waals surface area contributed by atoms with E-state index in [0.717, 1.165) is 27.6 Å². The summed E-state index contributed by atoms with van der Waals surface area (Å²) in [6, 6.07) is 14.9. The fraction of sp³-hybridized carbons (Fsp3) is 0.393. The summed E-state index contributed by atoms with van der Waals surface area (Å²) in [4.78, 5) is 46.4. The van der Waals surface area contributed by atoms with Crippen molar-refractivity contribution in [2.75, 3.05) is 20.1 Å². The Morgan fingerprint density at radius 3 is 2.46 bits per heavy atom. The van der Waals surface area contributed by atoms with Crippen LogP contribution in [0.25, 0.3) is 10.9 Å². The molecule has 0 unspecified atom stereocenters. The number of rotatable bonds is 5. The number of hydrogen-bond donors (Lipinski definition) is 3. The summed E-state index contributed by atoms with van der Waals surface area (Å²) in [7, 11) is 1.85. The molecule has 3 heterocycles. The van der Waals surface area contributed by atoms with E-state index in [0.29, 0.717) is 32.4 Å². The van der Waals surface area contributed by atoms with Crippen molar-refractivity contribution in [3.63, 3.8) is 0 Å². The van der Waals surface area contributed by atoms with Gasteiger partial charge in [0.25, 0.3) is 5.91 Å². The topological polar surface area (TPSA) is 112 Å². The minimum Gasteiger partial charge on any atom is -0.361 e. The van der Waals surface area contributed by atoms with Crippen LogP contribution in [0.4, 0.5) is 0 Å². The molecular weight excluding hydrogens is 490 g/mol. The molecule has 1 spiro atoms. The highest BCUT2D eigenvalue weighted by molar-refractivity contribution is 6.00. The number of carbonyl (C=O) groups excluding carboxylic acids is 3. The molecule has 0 saturated carbocycles. The van der Waals surface area contributed by atoms with Crippen molar-refractivity contribution in [3.8, 4) is 0 Å². The number of fused-ring (bicyclic) bond motifs is 3. The van der Waals surface area contributed by atoms with E-state index in [9.17, 15) is 14.4 Å². The number of amides is 3. The van der Waals surface area contributed by atoms with Gasteiger partial charge in [-0.1, -0.05) is 36.4 Å². The first-order chi connectivity index (χ1) is 17.1. The van der Waals surface area contributed by atoms with E-state index in [-0.39, 0.29) is 30.1 Å². The van der Waals surface area contributed by atoms with E-state index in [4.69, 9.17) is 5.73 Å². The molecule has 9 heteroatoms. The third-order valence-corrected chi connectivity index (χ3v) is 7.80. The number of halogens is 1. The normalized spacial score (nSPS) is 17.5. The Bertz CT molecular complexity index is 1340. The zero-order valence-electron chi connectivity index (χ0n) is 21.4. The fourth-order valence-electron chi connectivity index (χ4n) is 5.62. The van der Waals surface area contributed by atoms with Crippen LogP contribution in [0, 0.1) is 0 Å². The molecule has 196 valence electrons. The maximum absolute atomic E-state index is 13.8. The van der Waals surface area contributed by atoms with E-state index >= 15 is 0 Å². The van der Waals surface area contributed by atoms with Crippen LogP contribution < -0.4 is 11.1 Å². The lowest BCUT2D eigenvalue weighted by molar-refractivity contribution is -0.139. The molecule has 1 fully saturated rings. The maximum atomic E-state index is 13.8. The second-order valence-electron chi connectivity index (χ2n) is 10.6. The van der Waals surface area contributed by atoms with Crippen molar-refractivity contribution in [2.24, 2.45) is 5.73 Å². The molecule has 4 N–H and O–H groups in total. The van der Waals surface area contributed by atoms with Crippen LogP contribution in [0.1, 0.15) is 48.2 Å². The highest BCUT2D eigenvalue weighted by Crippen LogP contribution is 2.45. The summed E-state index contributed by atoms with van der Waals surface area (Å²) < 4.78 is 0. The van der Waals surface area contributed by atoms with E-state index < -0.39 is 17.1 Å². The van der Waals surface area contributed by atoms with Crippen LogP contribution in [0.2, 0.25) is 0 Å². The van der Waals surface area contributed by atoms with Gasteiger partial charge >= 0.3 is 0 Å². The first-order valence-electron chi connectivity index (χ1n) is 12.4. The molecule has 1 atom stereocenters. The number of carbonyl (C=O) groups is 3. The van der Waals surface area contributed by atoms with Gasteiger partial charge in [-0.05, 0) is 49.9 Å². The third-order valence-electron chi connectivity index (χ3n) is 7.80. The number of nitrogens with two attached hydrogens (primary N) is 1. The van der Waals surface area contributed by atoms with Crippen LogP contribution in [0.15, 0.2) is 54.7 Å². The van der Waals surface area contributed by atoms with Gasteiger partial charge in [0.15, 0.2) is 0 Å². The Balaban J connectivity index is 0.00000320. The van der Waals surface area contributed by atoms with Crippen molar-refractivity contribution in [1.29, 1.82) is 0 Å². The number of aromatic amines is 1. The predicted molar refractivity (Wildman–Crippen MR) is 145 cm³/mol.